The molecule has 0 aliphatic carbocycles. The molecule has 0 aliphatic rings. The van der Waals surface area contributed by atoms with Crippen molar-refractivity contribution < 1.29 is 93.7 Å². The van der Waals surface area contributed by atoms with Gasteiger partial charge in [0.2, 0.25) is 0 Å². The Morgan fingerprint density at radius 1 is 0.640 bits per heavy atom. The number of phenols is 4. The number of carboxylic acids is 1. The zero-order chi connectivity index (χ0) is 34.2. The Balaban J connectivity index is 0.00000338. The van der Waals surface area contributed by atoms with Crippen LogP contribution in [0.4, 0.5) is 34.1 Å². The summed E-state index contributed by atoms with van der Waals surface area (Å²) in [5.41, 5.74) is 0.622. The minimum absolute atomic E-state index is 0. The Morgan fingerprint density at radius 3 is 1.84 bits per heavy atom. The number of azo groups is 2. The molecule has 0 fully saturated rings. The molecule has 5 rings (SSSR count). The molecule has 8 N–H and O–H groups in total. The molecule has 17 nitrogen and oxygen atoms in total. The van der Waals surface area contributed by atoms with Crippen LogP contribution in [0.25, 0.3) is 10.8 Å². The largest absolute Gasteiger partial charge is 0.506 e. The van der Waals surface area contributed by atoms with Gasteiger partial charge in [-0.3, -0.25) is 0 Å². The molecule has 0 atom stereocenters. The Bertz CT molecular complexity index is 2040. The van der Waals surface area contributed by atoms with E-state index in [1.54, 1.807) is 36.4 Å². The van der Waals surface area contributed by atoms with Crippen molar-refractivity contribution in [1.29, 1.82) is 0 Å². The van der Waals surface area contributed by atoms with Crippen LogP contribution in [0.1, 0.15) is 10.4 Å². The van der Waals surface area contributed by atoms with Crippen molar-refractivity contribution in [1.82, 2.24) is 0 Å². The molecule has 5 aromatic rings. The molecule has 0 amide bonds. The predicted molar refractivity (Wildman–Crippen MR) is 170 cm³/mol. The SMILES string of the molecule is O=C(O)c1ccc(Nc2ccc3cc(SOOO)c(N=Nc4cc(O)c(N=Nc5cc(SOOO)ccc5O)cc4O)c(O)c3c2)cc1.[Cu].[Cu]. The van der Waals surface area contributed by atoms with Gasteiger partial charge in [0, 0.05) is 67.9 Å². The van der Waals surface area contributed by atoms with Crippen molar-refractivity contribution in [2.75, 3.05) is 5.32 Å². The smallest absolute Gasteiger partial charge is 0.335 e. The molecular formula is C29H21Cu2N5O12S2. The van der Waals surface area contributed by atoms with Crippen molar-refractivity contribution in [3.63, 3.8) is 0 Å². The first-order valence-electron chi connectivity index (χ1n) is 13.1. The number of rotatable bonds is 13. The quantitative estimate of drug-likeness (QED) is 0.0138. The second-order valence-electron chi connectivity index (χ2n) is 9.35. The van der Waals surface area contributed by atoms with Crippen LogP contribution < -0.4 is 5.32 Å². The number of hydrogen-bond donors (Lipinski definition) is 8. The van der Waals surface area contributed by atoms with E-state index in [1.165, 1.54) is 30.3 Å². The maximum Gasteiger partial charge on any atom is 0.335 e. The normalized spacial score (nSPS) is 11.1. The minimum atomic E-state index is -1.06. The van der Waals surface area contributed by atoms with Gasteiger partial charge in [0.15, 0.2) is 5.75 Å². The number of phenolic OH excluding ortho intramolecular Hbond substituents is 4. The summed E-state index contributed by atoms with van der Waals surface area (Å²) in [7, 11) is 0. The molecule has 21 heteroatoms. The van der Waals surface area contributed by atoms with Crippen LogP contribution in [0.15, 0.2) is 109 Å². The summed E-state index contributed by atoms with van der Waals surface area (Å²) in [5.74, 6) is -2.66. The number of fused-ring (bicyclic) bond motifs is 1. The van der Waals surface area contributed by atoms with Gasteiger partial charge in [0.25, 0.3) is 0 Å². The first-order chi connectivity index (χ1) is 23.2. The second-order valence-corrected chi connectivity index (χ2v) is 10.9. The summed E-state index contributed by atoms with van der Waals surface area (Å²) < 4.78 is 8.89. The molecule has 0 bridgehead atoms. The molecule has 5 aromatic carbocycles. The van der Waals surface area contributed by atoms with Crippen LogP contribution in [0.5, 0.6) is 23.0 Å². The molecule has 50 heavy (non-hydrogen) atoms. The van der Waals surface area contributed by atoms with Gasteiger partial charge in [-0.2, -0.15) is 0 Å². The van der Waals surface area contributed by atoms with Gasteiger partial charge >= 0.3 is 5.97 Å². The first-order valence-corrected chi connectivity index (χ1v) is 14.6. The van der Waals surface area contributed by atoms with Gasteiger partial charge in [-0.05, 0) is 66.0 Å². The van der Waals surface area contributed by atoms with Crippen molar-refractivity contribution in [3.8, 4) is 23.0 Å². The summed E-state index contributed by atoms with van der Waals surface area (Å²) in [5, 5.41) is 95.5. The number of hydrogen-bond acceptors (Lipinski definition) is 18. The monoisotopic (exact) mass is 821 g/mol. The first kappa shape index (κ1) is 40.0. The van der Waals surface area contributed by atoms with Crippen LogP contribution in [0.2, 0.25) is 0 Å². The summed E-state index contributed by atoms with van der Waals surface area (Å²) in [4.78, 5) is 11.7. The maximum absolute atomic E-state index is 11.2. The summed E-state index contributed by atoms with van der Waals surface area (Å²) >= 11 is 1.13. The van der Waals surface area contributed by atoms with E-state index in [1.807, 2.05) is 0 Å². The standard InChI is InChI=1S/C29H21N5O12S2.2Cu/c35-23-8-7-18(47-45-43-41)11-20(23)31-32-21-12-25(37)22(13-24(21)36)33-34-27-26(48-46-44-42)9-15-3-6-17(10-19(15)28(27)38)30-16-4-1-14(2-5-16)29(39)40;;/h1-13,30,35-38,41-42H,(H,39,40);;. The molecule has 0 saturated heterocycles. The van der Waals surface area contributed by atoms with E-state index in [9.17, 15) is 25.2 Å². The molecule has 0 unspecified atom stereocenters. The van der Waals surface area contributed by atoms with E-state index in [4.69, 9.17) is 15.6 Å². The summed E-state index contributed by atoms with van der Waals surface area (Å²) in [6.07, 6.45) is 0. The molecule has 0 aromatic heterocycles. The van der Waals surface area contributed by atoms with Gasteiger partial charge in [-0.15, -0.1) is 29.1 Å². The topological polar surface area (TPSA) is 257 Å². The number of nitrogens with zero attached hydrogens (tertiary/aromatic N) is 4. The van der Waals surface area contributed by atoms with Crippen molar-refractivity contribution in [2.45, 2.75) is 9.79 Å². The van der Waals surface area contributed by atoms with E-state index in [-0.39, 0.29) is 78.8 Å². The molecule has 0 heterocycles. The fourth-order valence-electron chi connectivity index (χ4n) is 4.11. The van der Waals surface area contributed by atoms with Gasteiger partial charge in [-0.1, -0.05) is 16.1 Å². The summed E-state index contributed by atoms with van der Waals surface area (Å²) in [6, 6.07) is 18.7. The van der Waals surface area contributed by atoms with Crippen LogP contribution in [0, 0.1) is 0 Å². The number of benzene rings is 5. The molecule has 2 radical (unpaired) electrons. The number of anilines is 2. The average Bonchev–Trinajstić information content (AvgIpc) is 3.08. The molecule has 0 spiro atoms. The van der Waals surface area contributed by atoms with Crippen LogP contribution in [-0.4, -0.2) is 42.0 Å². The predicted octanol–water partition coefficient (Wildman–Crippen LogP) is 8.79. The Kier molecular flexibility index (Phi) is 14.8. The number of carbonyl (C=O) groups is 1. The number of carboxylic acid groups (broad SMARTS) is 1. The van der Waals surface area contributed by atoms with Crippen molar-refractivity contribution in [3.05, 3.63) is 84.4 Å². The van der Waals surface area contributed by atoms with Gasteiger partial charge in [-0.25, -0.2) is 15.3 Å². The van der Waals surface area contributed by atoms with Crippen molar-refractivity contribution in [2.24, 2.45) is 20.5 Å². The third-order valence-electron chi connectivity index (χ3n) is 6.33. The fraction of sp³-hybridized carbons (Fsp3) is 0. The molecule has 268 valence electrons. The van der Waals surface area contributed by atoms with E-state index in [0.29, 0.717) is 51.1 Å². The van der Waals surface area contributed by atoms with E-state index < -0.39 is 17.5 Å². The zero-order valence-electron chi connectivity index (χ0n) is 24.4. The van der Waals surface area contributed by atoms with E-state index >= 15 is 0 Å². The number of nitrogens with one attached hydrogen (secondary N) is 1. The number of aromatic hydroxyl groups is 4. The fourth-order valence-corrected chi connectivity index (χ4v) is 5.00. The zero-order valence-corrected chi connectivity index (χ0v) is 27.9. The maximum atomic E-state index is 11.2. The molecule has 0 aliphatic heterocycles. The third kappa shape index (κ3) is 9.82. The van der Waals surface area contributed by atoms with Gasteiger partial charge < -0.3 is 30.8 Å². The van der Waals surface area contributed by atoms with Crippen LogP contribution >= 0.6 is 24.1 Å². The van der Waals surface area contributed by atoms with Gasteiger partial charge in [0.1, 0.15) is 40.0 Å². The average molecular weight is 823 g/mol. The van der Waals surface area contributed by atoms with Crippen molar-refractivity contribution >= 4 is 75.0 Å². The molecule has 0 saturated carbocycles. The summed E-state index contributed by atoms with van der Waals surface area (Å²) in [6.45, 7) is 0. The van der Waals surface area contributed by atoms with E-state index in [0.717, 1.165) is 12.1 Å². The second kappa shape index (κ2) is 18.5. The molecular weight excluding hydrogens is 802 g/mol. The third-order valence-corrected chi connectivity index (χ3v) is 7.52. The Morgan fingerprint density at radius 2 is 1.22 bits per heavy atom. The number of aromatic carboxylic acids is 1. The Hall–Kier alpha value is -4.47. The Labute approximate surface area is 310 Å². The van der Waals surface area contributed by atoms with E-state index in [2.05, 4.69) is 44.5 Å². The van der Waals surface area contributed by atoms with Gasteiger partial charge in [0.05, 0.1) is 34.5 Å². The van der Waals surface area contributed by atoms with Crippen LogP contribution in [0.3, 0.4) is 0 Å². The van der Waals surface area contributed by atoms with Crippen LogP contribution in [-0.2, 0) is 52.9 Å². The minimum Gasteiger partial charge on any atom is -0.506 e.